The summed E-state index contributed by atoms with van der Waals surface area (Å²) < 4.78 is 7.09. The summed E-state index contributed by atoms with van der Waals surface area (Å²) in [5, 5.41) is 0.881. The topological polar surface area (TPSA) is 48.3 Å². The van der Waals surface area contributed by atoms with Crippen molar-refractivity contribution in [3.63, 3.8) is 0 Å². The third-order valence-corrected chi connectivity index (χ3v) is 6.15. The zero-order chi connectivity index (χ0) is 20.4. The number of nitrogens with zero attached hydrogens (tertiary/aromatic N) is 1. The quantitative estimate of drug-likeness (QED) is 0.413. The normalized spacial score (nSPS) is 12.1. The van der Waals surface area contributed by atoms with Gasteiger partial charge in [0.2, 0.25) is 0 Å². The molecule has 0 aliphatic carbocycles. The first kappa shape index (κ1) is 19.2. The van der Waals surface area contributed by atoms with E-state index < -0.39 is 0 Å². The number of ether oxygens (including phenoxy) is 1. The summed E-state index contributed by atoms with van der Waals surface area (Å²) in [4.78, 5) is 26.9. The van der Waals surface area contributed by atoms with Crippen LogP contribution in [0.15, 0.2) is 77.6 Å². The Hall–Kier alpha value is -3.18. The molecule has 1 atom stereocenters. The number of thiophene rings is 1. The molecule has 2 aromatic carbocycles. The highest BCUT2D eigenvalue weighted by molar-refractivity contribution is 7.21. The van der Waals surface area contributed by atoms with Gasteiger partial charge in [0, 0.05) is 17.0 Å². The Morgan fingerprint density at radius 3 is 2.31 bits per heavy atom. The first-order chi connectivity index (χ1) is 14.1. The van der Waals surface area contributed by atoms with Gasteiger partial charge in [-0.15, -0.1) is 11.3 Å². The van der Waals surface area contributed by atoms with Gasteiger partial charge >= 0.3 is 5.97 Å². The van der Waals surface area contributed by atoms with Crippen LogP contribution < -0.4 is 5.56 Å². The van der Waals surface area contributed by atoms with E-state index in [0.717, 1.165) is 26.9 Å². The van der Waals surface area contributed by atoms with E-state index in [9.17, 15) is 9.59 Å². The average Bonchev–Trinajstić information content (AvgIpc) is 3.14. The van der Waals surface area contributed by atoms with Crippen molar-refractivity contribution in [1.29, 1.82) is 0 Å². The van der Waals surface area contributed by atoms with Crippen LogP contribution in [-0.2, 0) is 4.74 Å². The second kappa shape index (κ2) is 8.05. The van der Waals surface area contributed by atoms with E-state index in [-0.39, 0.29) is 17.6 Å². The molecule has 2 aromatic heterocycles. The molecule has 146 valence electrons. The number of pyridine rings is 1. The van der Waals surface area contributed by atoms with Crippen molar-refractivity contribution in [2.45, 2.75) is 19.9 Å². The minimum absolute atomic E-state index is 0.0925. The molecule has 0 bridgehead atoms. The van der Waals surface area contributed by atoms with Crippen molar-refractivity contribution in [1.82, 2.24) is 4.57 Å². The largest absolute Gasteiger partial charge is 0.462 e. The maximum atomic E-state index is 12.9. The lowest BCUT2D eigenvalue weighted by Crippen LogP contribution is -2.22. The molecule has 4 nitrogen and oxygen atoms in total. The molecule has 0 aliphatic rings. The third kappa shape index (κ3) is 3.49. The molecule has 0 fully saturated rings. The Balaban J connectivity index is 2.01. The predicted molar refractivity (Wildman–Crippen MR) is 118 cm³/mol. The molecule has 1 unspecified atom stereocenters. The molecule has 5 heteroatoms. The summed E-state index contributed by atoms with van der Waals surface area (Å²) in [7, 11) is 0. The van der Waals surface area contributed by atoms with E-state index in [1.165, 1.54) is 11.3 Å². The Morgan fingerprint density at radius 2 is 1.66 bits per heavy atom. The molecule has 4 rings (SSSR count). The standard InChI is InChI=1S/C24H21NO3S/c1-3-28-24(27)22-21(18-12-8-5-9-13-18)19-14-15-20(26)25(23(19)29-22)16(2)17-10-6-4-7-11-17/h4-16H,3H2,1-2H3. The van der Waals surface area contributed by atoms with E-state index in [2.05, 4.69) is 0 Å². The number of benzene rings is 2. The van der Waals surface area contributed by atoms with Crippen LogP contribution in [0.4, 0.5) is 0 Å². The lowest BCUT2D eigenvalue weighted by molar-refractivity contribution is 0.0533. The van der Waals surface area contributed by atoms with Crippen LogP contribution in [0.1, 0.15) is 35.1 Å². The number of fused-ring (bicyclic) bond motifs is 1. The van der Waals surface area contributed by atoms with Gasteiger partial charge < -0.3 is 4.74 Å². The smallest absolute Gasteiger partial charge is 0.349 e. The molecule has 0 spiro atoms. The molecular formula is C24H21NO3S. The van der Waals surface area contributed by atoms with E-state index in [0.29, 0.717) is 11.5 Å². The molecular weight excluding hydrogens is 382 g/mol. The van der Waals surface area contributed by atoms with Crippen LogP contribution in [0.3, 0.4) is 0 Å². The lowest BCUT2D eigenvalue weighted by atomic mass is 10.0. The molecule has 4 aromatic rings. The summed E-state index contributed by atoms with van der Waals surface area (Å²) >= 11 is 1.32. The number of hydrogen-bond acceptors (Lipinski definition) is 4. The number of carbonyl (C=O) groups excluding carboxylic acids is 1. The third-order valence-electron chi connectivity index (χ3n) is 4.97. The zero-order valence-electron chi connectivity index (χ0n) is 16.3. The number of hydrogen-bond donors (Lipinski definition) is 0. The molecule has 0 amide bonds. The van der Waals surface area contributed by atoms with Crippen LogP contribution in [0, 0.1) is 0 Å². The van der Waals surface area contributed by atoms with Crippen LogP contribution in [0.2, 0.25) is 0 Å². The molecule has 0 radical (unpaired) electrons. The second-order valence-corrected chi connectivity index (χ2v) is 7.74. The van der Waals surface area contributed by atoms with Crippen LogP contribution in [-0.4, -0.2) is 17.1 Å². The van der Waals surface area contributed by atoms with Crippen LogP contribution in [0.25, 0.3) is 21.3 Å². The Labute approximate surface area is 173 Å². The van der Waals surface area contributed by atoms with Crippen molar-refractivity contribution in [3.05, 3.63) is 93.6 Å². The molecule has 0 saturated carbocycles. The number of esters is 1. The van der Waals surface area contributed by atoms with Gasteiger partial charge in [0.15, 0.2) is 0 Å². The molecule has 0 N–H and O–H groups in total. The van der Waals surface area contributed by atoms with Crippen molar-refractivity contribution >= 4 is 27.5 Å². The molecule has 0 saturated heterocycles. The van der Waals surface area contributed by atoms with Crippen LogP contribution in [0.5, 0.6) is 0 Å². The SMILES string of the molecule is CCOC(=O)c1sc2c(ccc(=O)n2C(C)c2ccccc2)c1-c1ccccc1. The monoisotopic (exact) mass is 403 g/mol. The summed E-state index contributed by atoms with van der Waals surface area (Å²) in [6.07, 6.45) is 0. The first-order valence-electron chi connectivity index (χ1n) is 9.57. The van der Waals surface area contributed by atoms with Crippen LogP contribution >= 0.6 is 11.3 Å². The Kier molecular flexibility index (Phi) is 5.32. The van der Waals surface area contributed by atoms with Gasteiger partial charge in [-0.05, 0) is 31.0 Å². The molecule has 2 heterocycles. The first-order valence-corrected chi connectivity index (χ1v) is 10.4. The fraction of sp³-hybridized carbons (Fsp3) is 0.167. The predicted octanol–water partition coefficient (Wildman–Crippen LogP) is 5.52. The maximum absolute atomic E-state index is 12.9. The summed E-state index contributed by atoms with van der Waals surface area (Å²) in [6, 6.07) is 22.9. The number of aromatic nitrogens is 1. The van der Waals surface area contributed by atoms with Crippen molar-refractivity contribution in [2.75, 3.05) is 6.61 Å². The van der Waals surface area contributed by atoms with Gasteiger partial charge in [-0.25, -0.2) is 4.79 Å². The van der Waals surface area contributed by atoms with Crippen molar-refractivity contribution in [2.24, 2.45) is 0 Å². The summed E-state index contributed by atoms with van der Waals surface area (Å²) in [6.45, 7) is 4.09. The fourth-order valence-corrected chi connectivity index (χ4v) is 4.87. The number of carbonyl (C=O) groups is 1. The van der Waals surface area contributed by atoms with E-state index in [1.807, 2.05) is 73.7 Å². The van der Waals surface area contributed by atoms with Gasteiger partial charge in [-0.3, -0.25) is 9.36 Å². The minimum atomic E-state index is -0.362. The Morgan fingerprint density at radius 1 is 1.00 bits per heavy atom. The highest BCUT2D eigenvalue weighted by Crippen LogP contribution is 2.39. The van der Waals surface area contributed by atoms with Gasteiger partial charge in [0.05, 0.1) is 12.6 Å². The van der Waals surface area contributed by atoms with E-state index in [1.54, 1.807) is 17.6 Å². The zero-order valence-corrected chi connectivity index (χ0v) is 17.1. The minimum Gasteiger partial charge on any atom is -0.462 e. The molecule has 29 heavy (non-hydrogen) atoms. The maximum Gasteiger partial charge on any atom is 0.349 e. The highest BCUT2D eigenvalue weighted by atomic mass is 32.1. The van der Waals surface area contributed by atoms with E-state index in [4.69, 9.17) is 4.74 Å². The van der Waals surface area contributed by atoms with Gasteiger partial charge in [-0.1, -0.05) is 60.7 Å². The van der Waals surface area contributed by atoms with E-state index >= 15 is 0 Å². The summed E-state index contributed by atoms with van der Waals surface area (Å²) in [5.74, 6) is -0.362. The number of rotatable bonds is 5. The highest BCUT2D eigenvalue weighted by Gasteiger charge is 2.24. The van der Waals surface area contributed by atoms with Gasteiger partial charge in [-0.2, -0.15) is 0 Å². The second-order valence-electron chi connectivity index (χ2n) is 6.74. The van der Waals surface area contributed by atoms with Crippen molar-refractivity contribution in [3.8, 4) is 11.1 Å². The van der Waals surface area contributed by atoms with Gasteiger partial charge in [0.1, 0.15) is 9.71 Å². The fourth-order valence-electron chi connectivity index (χ4n) is 3.58. The van der Waals surface area contributed by atoms with Gasteiger partial charge in [0.25, 0.3) is 5.56 Å². The lowest BCUT2D eigenvalue weighted by Gasteiger charge is -2.16. The van der Waals surface area contributed by atoms with Crippen molar-refractivity contribution < 1.29 is 9.53 Å². The molecule has 0 aliphatic heterocycles. The summed E-state index contributed by atoms with van der Waals surface area (Å²) in [5.41, 5.74) is 2.69. The average molecular weight is 404 g/mol. The Bertz CT molecular complexity index is 1210.